The van der Waals surface area contributed by atoms with Crippen LogP contribution >= 0.6 is 0 Å². The number of nitrogen functional groups attached to an aromatic ring is 1. The van der Waals surface area contributed by atoms with Gasteiger partial charge in [-0.1, -0.05) is 18.2 Å². The lowest BCUT2D eigenvalue weighted by molar-refractivity contribution is 1.07. The van der Waals surface area contributed by atoms with Gasteiger partial charge in [0.25, 0.3) is 0 Å². The van der Waals surface area contributed by atoms with Gasteiger partial charge in [-0.05, 0) is 24.6 Å². The van der Waals surface area contributed by atoms with Crippen molar-refractivity contribution in [3.8, 4) is 0 Å². The first-order valence-corrected chi connectivity index (χ1v) is 5.00. The Morgan fingerprint density at radius 1 is 1.12 bits per heavy atom. The van der Waals surface area contributed by atoms with E-state index in [1.807, 2.05) is 37.3 Å². The average Bonchev–Trinajstić information content (AvgIpc) is 2.30. The van der Waals surface area contributed by atoms with Crippen LogP contribution in [0.3, 0.4) is 0 Å². The summed E-state index contributed by atoms with van der Waals surface area (Å²) in [6.07, 6.45) is 3.35. The van der Waals surface area contributed by atoms with Crippen LogP contribution in [0, 0.1) is 6.92 Å². The van der Waals surface area contributed by atoms with Gasteiger partial charge in [0.05, 0.1) is 23.3 Å². The molecule has 0 spiro atoms. The second-order valence-corrected chi connectivity index (χ2v) is 3.60. The van der Waals surface area contributed by atoms with Gasteiger partial charge in [-0.15, -0.1) is 0 Å². The Kier molecular flexibility index (Phi) is 2.74. The van der Waals surface area contributed by atoms with Crippen molar-refractivity contribution < 1.29 is 0 Å². The normalized spacial score (nSPS) is 10.1. The molecule has 0 aliphatic heterocycles. The smallest absolute Gasteiger partial charge is 0.0864 e. The summed E-state index contributed by atoms with van der Waals surface area (Å²) < 4.78 is 0. The van der Waals surface area contributed by atoms with E-state index in [9.17, 15) is 0 Å². The summed E-state index contributed by atoms with van der Waals surface area (Å²) in [6, 6.07) is 9.67. The number of anilines is 3. The first-order chi connectivity index (χ1) is 7.70. The fourth-order valence-electron chi connectivity index (χ4n) is 1.63. The summed E-state index contributed by atoms with van der Waals surface area (Å²) in [4.78, 5) is 4.01. The number of hydrogen-bond donors (Lipinski definition) is 2. The number of nitrogens with zero attached hydrogens (tertiary/aromatic N) is 2. The largest absolute Gasteiger partial charge is 0.396 e. The molecule has 1 aromatic heterocycles. The molecule has 4 N–H and O–H groups in total. The standard InChI is InChI=1S/C12H14N4/c1-9-7-15-8-11(13)12(9)16(14)10-5-3-2-4-6-10/h2-8H,13-14H2,1H3. The zero-order valence-electron chi connectivity index (χ0n) is 9.09. The highest BCUT2D eigenvalue weighted by molar-refractivity contribution is 5.75. The molecule has 1 heterocycles. The van der Waals surface area contributed by atoms with E-state index in [2.05, 4.69) is 4.98 Å². The number of aryl methyl sites for hydroxylation is 1. The summed E-state index contributed by atoms with van der Waals surface area (Å²) in [5.41, 5.74) is 9.09. The molecule has 0 fully saturated rings. The fraction of sp³-hybridized carbons (Fsp3) is 0.0833. The maximum atomic E-state index is 6.04. The maximum Gasteiger partial charge on any atom is 0.0864 e. The molecule has 1 aromatic carbocycles. The Balaban J connectivity index is 2.46. The van der Waals surface area contributed by atoms with Crippen molar-refractivity contribution in [1.82, 2.24) is 4.98 Å². The average molecular weight is 214 g/mol. The van der Waals surface area contributed by atoms with E-state index in [1.54, 1.807) is 17.4 Å². The summed E-state index contributed by atoms with van der Waals surface area (Å²) in [5, 5.41) is 1.58. The topological polar surface area (TPSA) is 68.2 Å². The first kappa shape index (κ1) is 10.4. The minimum atomic E-state index is 0.575. The van der Waals surface area contributed by atoms with E-state index in [0.29, 0.717) is 5.69 Å². The monoisotopic (exact) mass is 214 g/mol. The second kappa shape index (κ2) is 4.20. The summed E-state index contributed by atoms with van der Waals surface area (Å²) in [5.74, 6) is 6.04. The highest BCUT2D eigenvalue weighted by atomic mass is 15.4. The van der Waals surface area contributed by atoms with E-state index in [-0.39, 0.29) is 0 Å². The van der Waals surface area contributed by atoms with Gasteiger partial charge in [0, 0.05) is 6.20 Å². The molecule has 0 aliphatic rings. The van der Waals surface area contributed by atoms with Crippen molar-refractivity contribution in [2.24, 2.45) is 5.84 Å². The van der Waals surface area contributed by atoms with Gasteiger partial charge in [0.15, 0.2) is 0 Å². The molecule has 0 unspecified atom stereocenters. The Hall–Kier alpha value is -2.07. The molecule has 2 rings (SSSR count). The first-order valence-electron chi connectivity index (χ1n) is 5.00. The minimum Gasteiger partial charge on any atom is -0.396 e. The van der Waals surface area contributed by atoms with Crippen LogP contribution in [-0.2, 0) is 0 Å². The van der Waals surface area contributed by atoms with E-state index < -0.39 is 0 Å². The third-order valence-corrected chi connectivity index (χ3v) is 2.40. The lowest BCUT2D eigenvalue weighted by atomic mass is 10.2. The molecular formula is C12H14N4. The van der Waals surface area contributed by atoms with Crippen molar-refractivity contribution in [3.05, 3.63) is 48.3 Å². The van der Waals surface area contributed by atoms with Crippen LogP contribution in [0.15, 0.2) is 42.7 Å². The number of nitrogens with two attached hydrogens (primary N) is 2. The van der Waals surface area contributed by atoms with Gasteiger partial charge in [0.1, 0.15) is 0 Å². The minimum absolute atomic E-state index is 0.575. The molecule has 4 heteroatoms. The van der Waals surface area contributed by atoms with Gasteiger partial charge in [0.2, 0.25) is 0 Å². The predicted molar refractivity (Wildman–Crippen MR) is 66.2 cm³/mol. The molecule has 0 saturated carbocycles. The Labute approximate surface area is 94.5 Å². The van der Waals surface area contributed by atoms with E-state index in [0.717, 1.165) is 16.9 Å². The summed E-state index contributed by atoms with van der Waals surface area (Å²) >= 11 is 0. The SMILES string of the molecule is Cc1cncc(N)c1N(N)c1ccccc1. The number of hydrogen-bond acceptors (Lipinski definition) is 4. The predicted octanol–water partition coefficient (Wildman–Crippen LogP) is 1.98. The van der Waals surface area contributed by atoms with E-state index >= 15 is 0 Å². The highest BCUT2D eigenvalue weighted by Crippen LogP contribution is 2.29. The van der Waals surface area contributed by atoms with Crippen LogP contribution in [0.25, 0.3) is 0 Å². The van der Waals surface area contributed by atoms with Crippen LogP contribution in [0.2, 0.25) is 0 Å². The fourth-order valence-corrected chi connectivity index (χ4v) is 1.63. The molecular weight excluding hydrogens is 200 g/mol. The number of para-hydroxylation sites is 1. The van der Waals surface area contributed by atoms with Crippen molar-refractivity contribution in [1.29, 1.82) is 0 Å². The quantitative estimate of drug-likeness (QED) is 0.592. The number of benzene rings is 1. The lowest BCUT2D eigenvalue weighted by Crippen LogP contribution is -2.26. The van der Waals surface area contributed by atoms with Crippen molar-refractivity contribution in [3.63, 3.8) is 0 Å². The van der Waals surface area contributed by atoms with E-state index in [4.69, 9.17) is 11.6 Å². The Bertz CT molecular complexity index is 461. The van der Waals surface area contributed by atoms with Crippen LogP contribution in [0.4, 0.5) is 17.1 Å². The van der Waals surface area contributed by atoms with Crippen molar-refractivity contribution in [2.75, 3.05) is 10.7 Å². The van der Waals surface area contributed by atoms with Crippen LogP contribution < -0.4 is 16.6 Å². The zero-order chi connectivity index (χ0) is 11.5. The lowest BCUT2D eigenvalue weighted by Gasteiger charge is -2.22. The number of aromatic nitrogens is 1. The van der Waals surface area contributed by atoms with Crippen LogP contribution in [0.5, 0.6) is 0 Å². The van der Waals surface area contributed by atoms with Gasteiger partial charge < -0.3 is 5.73 Å². The summed E-state index contributed by atoms with van der Waals surface area (Å²) in [6.45, 7) is 1.93. The molecule has 82 valence electrons. The second-order valence-electron chi connectivity index (χ2n) is 3.60. The molecule has 0 saturated heterocycles. The van der Waals surface area contributed by atoms with E-state index in [1.165, 1.54) is 0 Å². The molecule has 0 amide bonds. The summed E-state index contributed by atoms with van der Waals surface area (Å²) in [7, 11) is 0. The van der Waals surface area contributed by atoms with Gasteiger partial charge in [-0.3, -0.25) is 9.99 Å². The highest BCUT2D eigenvalue weighted by Gasteiger charge is 2.10. The molecule has 2 aromatic rings. The molecule has 0 bridgehead atoms. The van der Waals surface area contributed by atoms with Crippen molar-refractivity contribution >= 4 is 17.1 Å². The van der Waals surface area contributed by atoms with Gasteiger partial charge >= 0.3 is 0 Å². The zero-order valence-corrected chi connectivity index (χ0v) is 9.09. The number of hydrazine groups is 1. The number of pyridine rings is 1. The third-order valence-electron chi connectivity index (χ3n) is 2.40. The number of rotatable bonds is 2. The Morgan fingerprint density at radius 3 is 2.44 bits per heavy atom. The van der Waals surface area contributed by atoms with Gasteiger partial charge in [-0.25, -0.2) is 5.84 Å². The molecule has 4 nitrogen and oxygen atoms in total. The third kappa shape index (κ3) is 1.83. The van der Waals surface area contributed by atoms with Crippen LogP contribution in [0.1, 0.15) is 5.56 Å². The molecule has 16 heavy (non-hydrogen) atoms. The molecule has 0 aliphatic carbocycles. The maximum absolute atomic E-state index is 6.04. The van der Waals surface area contributed by atoms with Gasteiger partial charge in [-0.2, -0.15) is 0 Å². The van der Waals surface area contributed by atoms with Crippen LogP contribution in [-0.4, -0.2) is 4.98 Å². The Morgan fingerprint density at radius 2 is 1.81 bits per heavy atom. The van der Waals surface area contributed by atoms with Crippen molar-refractivity contribution in [2.45, 2.75) is 6.92 Å². The molecule has 0 atom stereocenters. The molecule has 0 radical (unpaired) electrons.